The van der Waals surface area contributed by atoms with Crippen LogP contribution in [-0.2, 0) is 4.74 Å². The molecule has 2 aliphatic rings. The zero-order valence-corrected chi connectivity index (χ0v) is 6.84. The summed E-state index contributed by atoms with van der Waals surface area (Å²) in [6, 6.07) is 0. The molecule has 2 heterocycles. The van der Waals surface area contributed by atoms with Crippen LogP contribution in [0.5, 0.6) is 0 Å². The van der Waals surface area contributed by atoms with Gasteiger partial charge in [0.25, 0.3) is 0 Å². The molecule has 9 heavy (non-hydrogen) atoms. The summed E-state index contributed by atoms with van der Waals surface area (Å²) < 4.78 is 5.98. The first-order valence-electron chi connectivity index (χ1n) is 3.31. The van der Waals surface area contributed by atoms with Gasteiger partial charge in [-0.1, -0.05) is 0 Å². The van der Waals surface area contributed by atoms with Crippen molar-refractivity contribution in [1.29, 1.82) is 0 Å². The number of hydrogen-bond acceptors (Lipinski definition) is 3. The quantitative estimate of drug-likeness (QED) is 0.543. The molecule has 0 radical (unpaired) electrons. The third kappa shape index (κ3) is 1.57. The maximum atomic E-state index is 5.21. The molecule has 0 bridgehead atoms. The Morgan fingerprint density at radius 3 is 2.44 bits per heavy atom. The van der Waals surface area contributed by atoms with Crippen LogP contribution in [0.3, 0.4) is 0 Å². The lowest BCUT2D eigenvalue weighted by Gasteiger charge is -2.18. The third-order valence-corrected chi connectivity index (χ3v) is 4.65. The average Bonchev–Trinajstić information content (AvgIpc) is 2.71. The van der Waals surface area contributed by atoms with E-state index in [-0.39, 0.29) is 0 Å². The summed E-state index contributed by atoms with van der Waals surface area (Å²) >= 11 is 4.14. The van der Waals surface area contributed by atoms with E-state index >= 15 is 0 Å². The van der Waals surface area contributed by atoms with Gasteiger partial charge in [0.1, 0.15) is 6.10 Å². The minimum absolute atomic E-state index is 0.611. The second-order valence-electron chi connectivity index (χ2n) is 2.34. The molecule has 0 aliphatic carbocycles. The first kappa shape index (κ1) is 6.38. The van der Waals surface area contributed by atoms with Gasteiger partial charge in [0.05, 0.1) is 11.2 Å². The Labute approximate surface area is 63.9 Å². The topological polar surface area (TPSA) is 12.5 Å². The normalized spacial score (nSPS) is 36.7. The Morgan fingerprint density at radius 2 is 1.89 bits per heavy atom. The molecule has 0 saturated carbocycles. The number of rotatable bonds is 1. The molecule has 0 amide bonds. The average molecular weight is 162 g/mol. The number of hydrogen-bond donors (Lipinski definition) is 0. The van der Waals surface area contributed by atoms with Crippen LogP contribution < -0.4 is 0 Å². The van der Waals surface area contributed by atoms with E-state index in [1.807, 2.05) is 0 Å². The molecule has 0 N–H and O–H groups in total. The maximum Gasteiger partial charge on any atom is 0.102 e. The minimum atomic E-state index is 0.611. The SMILES string of the molecule is C1CSC([C@H]2CO2)SC1. The largest absolute Gasteiger partial charge is 0.371 e. The lowest BCUT2D eigenvalue weighted by molar-refractivity contribution is 0.420. The molecule has 0 spiro atoms. The van der Waals surface area contributed by atoms with Gasteiger partial charge in [-0.15, -0.1) is 23.5 Å². The summed E-state index contributed by atoms with van der Waals surface area (Å²) in [6.07, 6.45) is 2.00. The van der Waals surface area contributed by atoms with Crippen molar-refractivity contribution in [2.45, 2.75) is 17.1 Å². The minimum Gasteiger partial charge on any atom is -0.371 e. The van der Waals surface area contributed by atoms with Gasteiger partial charge in [0.15, 0.2) is 0 Å². The Morgan fingerprint density at radius 1 is 1.22 bits per heavy atom. The first-order valence-corrected chi connectivity index (χ1v) is 5.41. The lowest BCUT2D eigenvalue weighted by atomic mass is 10.5. The van der Waals surface area contributed by atoms with Gasteiger partial charge in [-0.25, -0.2) is 0 Å². The van der Waals surface area contributed by atoms with E-state index in [2.05, 4.69) is 23.5 Å². The number of thioether (sulfide) groups is 2. The monoisotopic (exact) mass is 162 g/mol. The van der Waals surface area contributed by atoms with Crippen molar-refractivity contribution >= 4 is 23.5 Å². The van der Waals surface area contributed by atoms with Gasteiger partial charge in [0, 0.05) is 0 Å². The number of epoxide rings is 1. The fraction of sp³-hybridized carbons (Fsp3) is 1.00. The molecule has 1 atom stereocenters. The van der Waals surface area contributed by atoms with Gasteiger partial charge >= 0.3 is 0 Å². The second-order valence-corrected chi connectivity index (χ2v) is 5.13. The van der Waals surface area contributed by atoms with Crippen LogP contribution in [0.15, 0.2) is 0 Å². The highest BCUT2D eigenvalue weighted by molar-refractivity contribution is 8.17. The van der Waals surface area contributed by atoms with Crippen molar-refractivity contribution in [3.05, 3.63) is 0 Å². The highest BCUT2D eigenvalue weighted by Gasteiger charge is 2.34. The summed E-state index contributed by atoms with van der Waals surface area (Å²) in [7, 11) is 0. The summed E-state index contributed by atoms with van der Waals surface area (Å²) in [5.74, 6) is 2.69. The van der Waals surface area contributed by atoms with Gasteiger partial charge in [-0.05, 0) is 17.9 Å². The predicted molar refractivity (Wildman–Crippen MR) is 43.1 cm³/mol. The maximum absolute atomic E-state index is 5.21. The molecule has 3 heteroatoms. The van der Waals surface area contributed by atoms with Crippen LogP contribution in [0.4, 0.5) is 0 Å². The van der Waals surface area contributed by atoms with Crippen molar-refractivity contribution in [1.82, 2.24) is 0 Å². The molecule has 2 fully saturated rings. The molecule has 2 aliphatic heterocycles. The van der Waals surface area contributed by atoms with Crippen molar-refractivity contribution < 1.29 is 4.74 Å². The van der Waals surface area contributed by atoms with E-state index in [1.54, 1.807) is 0 Å². The van der Waals surface area contributed by atoms with E-state index in [0.717, 1.165) is 11.2 Å². The molecule has 0 aromatic rings. The highest BCUT2D eigenvalue weighted by Crippen LogP contribution is 2.38. The molecular formula is C6H10OS2. The summed E-state index contributed by atoms with van der Waals surface area (Å²) in [5, 5.41) is 0. The van der Waals surface area contributed by atoms with Crippen LogP contribution >= 0.6 is 23.5 Å². The molecular weight excluding hydrogens is 152 g/mol. The van der Waals surface area contributed by atoms with E-state index in [4.69, 9.17) is 4.74 Å². The lowest BCUT2D eigenvalue weighted by Crippen LogP contribution is -2.12. The fourth-order valence-corrected chi connectivity index (χ4v) is 3.91. The van der Waals surface area contributed by atoms with Crippen LogP contribution in [0.1, 0.15) is 6.42 Å². The third-order valence-electron chi connectivity index (χ3n) is 1.52. The zero-order chi connectivity index (χ0) is 6.10. The molecule has 2 rings (SSSR count). The second kappa shape index (κ2) is 2.72. The Balaban J connectivity index is 1.80. The number of ether oxygens (including phenoxy) is 1. The van der Waals surface area contributed by atoms with Crippen molar-refractivity contribution in [2.24, 2.45) is 0 Å². The van der Waals surface area contributed by atoms with E-state index < -0.39 is 0 Å². The van der Waals surface area contributed by atoms with E-state index in [9.17, 15) is 0 Å². The molecule has 1 nitrogen and oxygen atoms in total. The fourth-order valence-electron chi connectivity index (χ4n) is 0.933. The van der Waals surface area contributed by atoms with Crippen molar-refractivity contribution in [2.75, 3.05) is 18.1 Å². The molecule has 0 aromatic carbocycles. The van der Waals surface area contributed by atoms with E-state index in [1.165, 1.54) is 17.9 Å². The van der Waals surface area contributed by atoms with E-state index in [0.29, 0.717) is 6.10 Å². The first-order chi connectivity index (χ1) is 4.47. The standard InChI is InChI=1S/C6H10OS2/c1-2-8-6(9-3-1)5-4-7-5/h5-6H,1-4H2/t5-/m1/s1. The molecule has 52 valence electrons. The summed E-state index contributed by atoms with van der Waals surface area (Å²) in [4.78, 5) is 0. The van der Waals surface area contributed by atoms with Crippen molar-refractivity contribution in [3.63, 3.8) is 0 Å². The smallest absolute Gasteiger partial charge is 0.102 e. The van der Waals surface area contributed by atoms with Crippen LogP contribution in [0, 0.1) is 0 Å². The molecule has 0 aromatic heterocycles. The van der Waals surface area contributed by atoms with Gasteiger partial charge < -0.3 is 4.74 Å². The zero-order valence-electron chi connectivity index (χ0n) is 5.21. The Kier molecular flexibility index (Phi) is 1.93. The Bertz CT molecular complexity index is 97.2. The van der Waals surface area contributed by atoms with Gasteiger partial charge in [0.2, 0.25) is 0 Å². The predicted octanol–water partition coefficient (Wildman–Crippen LogP) is 1.58. The molecule has 2 saturated heterocycles. The Hall–Kier alpha value is 0.660. The van der Waals surface area contributed by atoms with Gasteiger partial charge in [-0.3, -0.25) is 0 Å². The van der Waals surface area contributed by atoms with Crippen LogP contribution in [0.2, 0.25) is 0 Å². The summed E-state index contributed by atoms with van der Waals surface area (Å²) in [6.45, 7) is 1.02. The van der Waals surface area contributed by atoms with Crippen molar-refractivity contribution in [3.8, 4) is 0 Å². The highest BCUT2D eigenvalue weighted by atomic mass is 32.2. The summed E-state index contributed by atoms with van der Waals surface area (Å²) in [5.41, 5.74) is 0. The van der Waals surface area contributed by atoms with Gasteiger partial charge in [-0.2, -0.15) is 0 Å². The van der Waals surface area contributed by atoms with Crippen LogP contribution in [-0.4, -0.2) is 28.8 Å². The molecule has 0 unspecified atom stereocenters. The van der Waals surface area contributed by atoms with Crippen LogP contribution in [0.25, 0.3) is 0 Å².